The van der Waals surface area contributed by atoms with Crippen molar-refractivity contribution >= 4 is 28.3 Å². The minimum Gasteiger partial charge on any atom is -0.351 e. The van der Waals surface area contributed by atoms with E-state index in [1.165, 1.54) is 11.3 Å². The molecule has 0 unspecified atom stereocenters. The lowest BCUT2D eigenvalue weighted by atomic mass is 10.1. The maximum Gasteiger partial charge on any atom is 0.257 e. The average molecular weight is 317 g/mol. The van der Waals surface area contributed by atoms with Gasteiger partial charge in [-0.2, -0.15) is 0 Å². The Bertz CT molecular complexity index is 660. The van der Waals surface area contributed by atoms with Gasteiger partial charge in [0, 0.05) is 16.5 Å². The molecule has 5 nitrogen and oxygen atoms in total. The molecule has 2 aromatic rings. The first kappa shape index (κ1) is 16.2. The second-order valence-electron chi connectivity index (χ2n) is 5.94. The number of hydrogen-bond donors (Lipinski definition) is 2. The van der Waals surface area contributed by atoms with Gasteiger partial charge in [-0.3, -0.25) is 14.9 Å². The Kier molecular flexibility index (Phi) is 4.92. The van der Waals surface area contributed by atoms with Crippen LogP contribution in [-0.2, 0) is 11.2 Å². The SMILES string of the molecule is CC(C)(C)NC(=O)Cc1csc(NC(=O)c2ccccc2)n1. The van der Waals surface area contributed by atoms with Crippen LogP contribution in [0.3, 0.4) is 0 Å². The highest BCUT2D eigenvalue weighted by Gasteiger charge is 2.15. The van der Waals surface area contributed by atoms with Crippen LogP contribution < -0.4 is 10.6 Å². The lowest BCUT2D eigenvalue weighted by molar-refractivity contribution is -0.121. The van der Waals surface area contributed by atoms with Crippen LogP contribution in [0.4, 0.5) is 5.13 Å². The summed E-state index contributed by atoms with van der Waals surface area (Å²) in [6.07, 6.45) is 0.203. The molecule has 0 saturated heterocycles. The number of aromatic nitrogens is 1. The first-order valence-electron chi connectivity index (χ1n) is 6.95. The summed E-state index contributed by atoms with van der Waals surface area (Å²) in [5.74, 6) is -0.292. The molecule has 2 N–H and O–H groups in total. The van der Waals surface area contributed by atoms with Crippen molar-refractivity contribution in [2.24, 2.45) is 0 Å². The van der Waals surface area contributed by atoms with Crippen molar-refractivity contribution in [1.82, 2.24) is 10.3 Å². The van der Waals surface area contributed by atoms with Gasteiger partial charge in [-0.1, -0.05) is 18.2 Å². The van der Waals surface area contributed by atoms with Gasteiger partial charge in [0.05, 0.1) is 12.1 Å². The van der Waals surface area contributed by atoms with Crippen molar-refractivity contribution in [2.45, 2.75) is 32.7 Å². The van der Waals surface area contributed by atoms with Crippen molar-refractivity contribution in [2.75, 3.05) is 5.32 Å². The molecule has 1 aromatic carbocycles. The molecule has 6 heteroatoms. The molecular weight excluding hydrogens is 298 g/mol. The summed E-state index contributed by atoms with van der Waals surface area (Å²) < 4.78 is 0. The fourth-order valence-corrected chi connectivity index (χ4v) is 2.54. The Morgan fingerprint density at radius 2 is 1.86 bits per heavy atom. The fraction of sp³-hybridized carbons (Fsp3) is 0.312. The van der Waals surface area contributed by atoms with Gasteiger partial charge in [-0.25, -0.2) is 4.98 Å². The molecule has 1 heterocycles. The predicted molar refractivity (Wildman–Crippen MR) is 88.1 cm³/mol. The first-order chi connectivity index (χ1) is 10.3. The van der Waals surface area contributed by atoms with E-state index in [4.69, 9.17) is 0 Å². The van der Waals surface area contributed by atoms with Gasteiger partial charge in [0.2, 0.25) is 5.91 Å². The maximum absolute atomic E-state index is 12.0. The number of hydrogen-bond acceptors (Lipinski definition) is 4. The largest absolute Gasteiger partial charge is 0.351 e. The van der Waals surface area contributed by atoms with E-state index < -0.39 is 0 Å². The van der Waals surface area contributed by atoms with Gasteiger partial charge >= 0.3 is 0 Å². The quantitative estimate of drug-likeness (QED) is 0.911. The minimum atomic E-state index is -0.266. The number of benzene rings is 1. The number of anilines is 1. The third kappa shape index (κ3) is 4.96. The molecule has 0 radical (unpaired) electrons. The molecule has 0 atom stereocenters. The van der Waals surface area contributed by atoms with Crippen molar-refractivity contribution in [3.8, 4) is 0 Å². The standard InChI is InChI=1S/C16H19N3O2S/c1-16(2,3)19-13(20)9-12-10-22-15(17-12)18-14(21)11-7-5-4-6-8-11/h4-8,10H,9H2,1-3H3,(H,19,20)(H,17,18,21). The average Bonchev–Trinajstić information content (AvgIpc) is 2.84. The number of amides is 2. The Balaban J connectivity index is 1.94. The van der Waals surface area contributed by atoms with E-state index >= 15 is 0 Å². The smallest absolute Gasteiger partial charge is 0.257 e. The Labute approximate surface area is 133 Å². The summed E-state index contributed by atoms with van der Waals surface area (Å²) in [5.41, 5.74) is 0.956. The van der Waals surface area contributed by atoms with Gasteiger partial charge in [0.25, 0.3) is 5.91 Å². The van der Waals surface area contributed by atoms with Gasteiger partial charge in [0.1, 0.15) is 0 Å². The zero-order chi connectivity index (χ0) is 16.2. The molecule has 2 rings (SSSR count). The van der Waals surface area contributed by atoms with Crippen molar-refractivity contribution in [1.29, 1.82) is 0 Å². The Morgan fingerprint density at radius 1 is 1.18 bits per heavy atom. The van der Waals surface area contributed by atoms with Crippen LogP contribution in [0.5, 0.6) is 0 Å². The maximum atomic E-state index is 12.0. The lowest BCUT2D eigenvalue weighted by Gasteiger charge is -2.20. The molecule has 22 heavy (non-hydrogen) atoms. The van der Waals surface area contributed by atoms with Crippen LogP contribution in [0.15, 0.2) is 35.7 Å². The van der Waals surface area contributed by atoms with Crippen molar-refractivity contribution < 1.29 is 9.59 Å². The molecule has 0 saturated carbocycles. The molecule has 0 spiro atoms. The van der Waals surface area contributed by atoms with Crippen LogP contribution in [0, 0.1) is 0 Å². The fourth-order valence-electron chi connectivity index (χ4n) is 1.83. The minimum absolute atomic E-state index is 0.0845. The predicted octanol–water partition coefficient (Wildman–Crippen LogP) is 2.85. The summed E-state index contributed by atoms with van der Waals surface area (Å²) in [7, 11) is 0. The summed E-state index contributed by atoms with van der Waals surface area (Å²) in [6, 6.07) is 8.94. The highest BCUT2D eigenvalue weighted by Crippen LogP contribution is 2.17. The number of carbonyl (C=O) groups excluding carboxylic acids is 2. The normalized spacial score (nSPS) is 11.0. The van der Waals surface area contributed by atoms with Gasteiger partial charge in [-0.05, 0) is 32.9 Å². The van der Waals surface area contributed by atoms with E-state index in [0.29, 0.717) is 16.4 Å². The van der Waals surface area contributed by atoms with Crippen LogP contribution in [0.25, 0.3) is 0 Å². The van der Waals surface area contributed by atoms with Gasteiger partial charge in [0.15, 0.2) is 5.13 Å². The number of nitrogens with one attached hydrogen (secondary N) is 2. The summed E-state index contributed by atoms with van der Waals surface area (Å²) in [6.45, 7) is 5.78. The Morgan fingerprint density at radius 3 is 2.50 bits per heavy atom. The van der Waals surface area contributed by atoms with Crippen LogP contribution >= 0.6 is 11.3 Å². The molecule has 1 aromatic heterocycles. The highest BCUT2D eigenvalue weighted by molar-refractivity contribution is 7.14. The topological polar surface area (TPSA) is 71.1 Å². The molecule has 0 aliphatic carbocycles. The first-order valence-corrected chi connectivity index (χ1v) is 7.83. The van der Waals surface area contributed by atoms with E-state index in [2.05, 4.69) is 15.6 Å². The number of nitrogens with zero attached hydrogens (tertiary/aromatic N) is 1. The zero-order valence-corrected chi connectivity index (χ0v) is 13.7. The van der Waals surface area contributed by atoms with E-state index in [0.717, 1.165) is 0 Å². The summed E-state index contributed by atoms with van der Waals surface area (Å²) in [4.78, 5) is 28.1. The second kappa shape index (κ2) is 6.70. The van der Waals surface area contributed by atoms with Crippen LogP contribution in [-0.4, -0.2) is 22.3 Å². The molecule has 0 aliphatic rings. The zero-order valence-electron chi connectivity index (χ0n) is 12.8. The summed E-state index contributed by atoms with van der Waals surface area (Å²) >= 11 is 1.31. The number of thiazole rings is 1. The Hall–Kier alpha value is -2.21. The molecule has 0 bridgehead atoms. The molecular formula is C16H19N3O2S. The van der Waals surface area contributed by atoms with Crippen LogP contribution in [0.2, 0.25) is 0 Å². The third-order valence-electron chi connectivity index (χ3n) is 2.66. The van der Waals surface area contributed by atoms with Gasteiger partial charge in [-0.15, -0.1) is 11.3 Å². The van der Waals surface area contributed by atoms with Crippen molar-refractivity contribution in [3.05, 3.63) is 47.0 Å². The third-order valence-corrected chi connectivity index (χ3v) is 3.47. The number of carbonyl (C=O) groups is 2. The second-order valence-corrected chi connectivity index (χ2v) is 6.80. The monoisotopic (exact) mass is 317 g/mol. The van der Waals surface area contributed by atoms with E-state index in [9.17, 15) is 9.59 Å². The van der Waals surface area contributed by atoms with Crippen LogP contribution in [0.1, 0.15) is 36.8 Å². The molecule has 116 valence electrons. The molecule has 0 aliphatic heterocycles. The molecule has 0 fully saturated rings. The lowest BCUT2D eigenvalue weighted by Crippen LogP contribution is -2.41. The van der Waals surface area contributed by atoms with E-state index in [-0.39, 0.29) is 23.8 Å². The number of rotatable bonds is 4. The van der Waals surface area contributed by atoms with Gasteiger partial charge < -0.3 is 5.32 Å². The highest BCUT2D eigenvalue weighted by atomic mass is 32.1. The summed E-state index contributed by atoms with van der Waals surface area (Å²) in [5, 5.41) is 7.89. The van der Waals surface area contributed by atoms with E-state index in [1.54, 1.807) is 29.6 Å². The van der Waals surface area contributed by atoms with E-state index in [1.807, 2.05) is 26.8 Å². The molecule has 2 amide bonds. The van der Waals surface area contributed by atoms with Crippen molar-refractivity contribution in [3.63, 3.8) is 0 Å².